The Kier molecular flexibility index (Phi) is 4.54. The number of hydrogen-bond acceptors (Lipinski definition) is 0. The average molecular weight is 409 g/mol. The minimum absolute atomic E-state index is 0.0170. The topological polar surface area (TPSA) is 0 Å². The van der Waals surface area contributed by atoms with Gasteiger partial charge in [0.05, 0.1) is 0 Å². The minimum atomic E-state index is -0.117. The summed E-state index contributed by atoms with van der Waals surface area (Å²) in [5.74, 6) is 2.94. The van der Waals surface area contributed by atoms with Gasteiger partial charge < -0.3 is 0 Å². The highest BCUT2D eigenvalue weighted by atomic mass is 14.6. The highest BCUT2D eigenvalue weighted by Gasteiger charge is 2.59. The van der Waals surface area contributed by atoms with Crippen molar-refractivity contribution < 1.29 is 0 Å². The fourth-order valence-corrected chi connectivity index (χ4v) is 7.68. The number of fused-ring (bicyclic) bond motifs is 3. The van der Waals surface area contributed by atoms with Crippen molar-refractivity contribution in [2.75, 3.05) is 0 Å². The van der Waals surface area contributed by atoms with Crippen LogP contribution in [-0.2, 0) is 6.42 Å². The fourth-order valence-electron chi connectivity index (χ4n) is 7.68. The standard InChI is InChI=1S/C31H36/c1-12-24-14-13-19(4)27-21(6)28-23(8)31(11)22(7)26(18(2)3)20(5)15-30(31,10)17-29(28,9)16-25(24)27/h1,13-14H,2,6-7,15-17H2,3-5,8-11H3/t29-,30+,31-/m1/s1. The van der Waals surface area contributed by atoms with Gasteiger partial charge >= 0.3 is 0 Å². The minimum Gasteiger partial charge on any atom is -0.115 e. The summed E-state index contributed by atoms with van der Waals surface area (Å²) < 4.78 is 0. The number of allylic oxidation sites excluding steroid dienone is 7. The third kappa shape index (κ3) is 2.56. The summed E-state index contributed by atoms with van der Waals surface area (Å²) in [5, 5.41) is 0. The summed E-state index contributed by atoms with van der Waals surface area (Å²) in [4.78, 5) is 0. The molecule has 3 aliphatic carbocycles. The summed E-state index contributed by atoms with van der Waals surface area (Å²) >= 11 is 0. The number of rotatable bonds is 1. The van der Waals surface area contributed by atoms with Crippen molar-refractivity contribution >= 4 is 5.57 Å². The van der Waals surface area contributed by atoms with Gasteiger partial charge in [0.25, 0.3) is 0 Å². The van der Waals surface area contributed by atoms with Gasteiger partial charge in [0, 0.05) is 11.0 Å². The number of terminal acetylenes is 1. The molecule has 0 saturated carbocycles. The molecule has 0 N–H and O–H groups in total. The molecule has 1 aromatic rings. The molecule has 0 aromatic heterocycles. The van der Waals surface area contributed by atoms with E-state index in [1.165, 1.54) is 44.6 Å². The van der Waals surface area contributed by atoms with Crippen LogP contribution in [0.3, 0.4) is 0 Å². The second-order valence-corrected chi connectivity index (χ2v) is 11.1. The molecule has 4 rings (SSSR count). The van der Waals surface area contributed by atoms with Crippen LogP contribution in [0.1, 0.15) is 76.6 Å². The molecule has 0 saturated heterocycles. The molecule has 0 nitrogen and oxygen atoms in total. The van der Waals surface area contributed by atoms with E-state index in [0.717, 1.165) is 36.0 Å². The Labute approximate surface area is 189 Å². The van der Waals surface area contributed by atoms with E-state index in [1.54, 1.807) is 0 Å². The number of benzene rings is 1. The SMILES string of the molecule is C#Cc1ccc(C)c2c1C[C@]1(C)C[C@]3(C)CC(C)=C(C(=C)C)C(=C)[C@]3(C)C(C)=C1C2=C. The summed E-state index contributed by atoms with van der Waals surface area (Å²) in [5.41, 5.74) is 13.9. The van der Waals surface area contributed by atoms with Crippen LogP contribution in [0.15, 0.2) is 65.3 Å². The molecule has 0 heteroatoms. The molecular formula is C31H36. The third-order valence-corrected chi connectivity index (χ3v) is 8.98. The lowest BCUT2D eigenvalue weighted by Gasteiger charge is -2.62. The van der Waals surface area contributed by atoms with E-state index in [9.17, 15) is 0 Å². The molecule has 160 valence electrons. The van der Waals surface area contributed by atoms with Crippen molar-refractivity contribution in [1.82, 2.24) is 0 Å². The van der Waals surface area contributed by atoms with E-state index in [2.05, 4.69) is 86.3 Å². The molecule has 0 heterocycles. The van der Waals surface area contributed by atoms with Crippen molar-refractivity contribution in [2.24, 2.45) is 16.2 Å². The molecule has 3 aliphatic rings. The molecule has 3 atom stereocenters. The van der Waals surface area contributed by atoms with Gasteiger partial charge in [-0.3, -0.25) is 0 Å². The van der Waals surface area contributed by atoms with Crippen LogP contribution in [0.2, 0.25) is 0 Å². The highest BCUT2D eigenvalue weighted by Crippen LogP contribution is 2.70. The Balaban J connectivity index is 2.04. The lowest BCUT2D eigenvalue weighted by Crippen LogP contribution is -2.52. The van der Waals surface area contributed by atoms with Gasteiger partial charge in [-0.1, -0.05) is 69.2 Å². The van der Waals surface area contributed by atoms with Crippen LogP contribution in [-0.4, -0.2) is 0 Å². The van der Waals surface area contributed by atoms with Gasteiger partial charge in [-0.2, -0.15) is 0 Å². The quantitative estimate of drug-likeness (QED) is 0.411. The molecule has 0 aliphatic heterocycles. The first kappa shape index (κ1) is 21.7. The molecule has 0 fully saturated rings. The smallest absolute Gasteiger partial charge is 0.0281 e. The van der Waals surface area contributed by atoms with Gasteiger partial charge in [0.1, 0.15) is 0 Å². The lowest BCUT2D eigenvalue weighted by atomic mass is 9.41. The lowest BCUT2D eigenvalue weighted by molar-refractivity contribution is 0.0544. The number of hydrogen-bond donors (Lipinski definition) is 0. The summed E-state index contributed by atoms with van der Waals surface area (Å²) in [6.07, 6.45) is 9.07. The molecular weight excluding hydrogens is 372 g/mol. The molecule has 0 unspecified atom stereocenters. The predicted octanol–water partition coefficient (Wildman–Crippen LogP) is 8.14. The Morgan fingerprint density at radius 1 is 1.06 bits per heavy atom. The van der Waals surface area contributed by atoms with E-state index in [-0.39, 0.29) is 16.2 Å². The predicted molar refractivity (Wildman–Crippen MR) is 135 cm³/mol. The van der Waals surface area contributed by atoms with Crippen molar-refractivity contribution in [2.45, 2.75) is 67.7 Å². The zero-order valence-electron chi connectivity index (χ0n) is 20.5. The Hall–Kier alpha value is -2.52. The molecule has 31 heavy (non-hydrogen) atoms. The van der Waals surface area contributed by atoms with Crippen LogP contribution in [0.25, 0.3) is 5.57 Å². The van der Waals surface area contributed by atoms with Crippen LogP contribution in [0, 0.1) is 35.5 Å². The Bertz CT molecular complexity index is 1190. The first-order chi connectivity index (χ1) is 14.3. The Morgan fingerprint density at radius 3 is 2.29 bits per heavy atom. The van der Waals surface area contributed by atoms with E-state index in [0.29, 0.717) is 0 Å². The second-order valence-electron chi connectivity index (χ2n) is 11.1. The van der Waals surface area contributed by atoms with Crippen molar-refractivity contribution in [3.63, 3.8) is 0 Å². The molecule has 0 amide bonds. The summed E-state index contributed by atoms with van der Waals surface area (Å²) in [7, 11) is 0. The van der Waals surface area contributed by atoms with Crippen LogP contribution in [0.4, 0.5) is 0 Å². The normalized spacial score (nSPS) is 32.3. The molecule has 0 radical (unpaired) electrons. The van der Waals surface area contributed by atoms with Gasteiger partial charge in [-0.15, -0.1) is 6.42 Å². The van der Waals surface area contributed by atoms with E-state index < -0.39 is 0 Å². The fraction of sp³-hybridized carbons (Fsp3) is 0.419. The van der Waals surface area contributed by atoms with Gasteiger partial charge in [0.2, 0.25) is 0 Å². The molecule has 0 spiro atoms. The maximum atomic E-state index is 5.92. The summed E-state index contributed by atoms with van der Waals surface area (Å²) in [6, 6.07) is 4.26. The average Bonchev–Trinajstić information content (AvgIpc) is 2.64. The molecule has 1 aromatic carbocycles. The van der Waals surface area contributed by atoms with Gasteiger partial charge in [-0.05, 0) is 103 Å². The van der Waals surface area contributed by atoms with E-state index in [4.69, 9.17) is 6.42 Å². The monoisotopic (exact) mass is 408 g/mol. The first-order valence-corrected chi connectivity index (χ1v) is 11.4. The third-order valence-electron chi connectivity index (χ3n) is 8.98. The van der Waals surface area contributed by atoms with E-state index >= 15 is 0 Å². The van der Waals surface area contributed by atoms with Crippen LogP contribution in [0.5, 0.6) is 0 Å². The van der Waals surface area contributed by atoms with Gasteiger partial charge in [-0.25, -0.2) is 0 Å². The van der Waals surface area contributed by atoms with Crippen LogP contribution >= 0.6 is 0 Å². The zero-order valence-corrected chi connectivity index (χ0v) is 20.5. The molecule has 0 bridgehead atoms. The van der Waals surface area contributed by atoms with Crippen LogP contribution < -0.4 is 0 Å². The highest BCUT2D eigenvalue weighted by molar-refractivity contribution is 5.87. The summed E-state index contributed by atoms with van der Waals surface area (Å²) in [6.45, 7) is 29.9. The number of aryl methyl sites for hydroxylation is 1. The van der Waals surface area contributed by atoms with Crippen molar-refractivity contribution in [1.29, 1.82) is 0 Å². The first-order valence-electron chi connectivity index (χ1n) is 11.4. The maximum Gasteiger partial charge on any atom is 0.0281 e. The maximum absolute atomic E-state index is 5.92. The van der Waals surface area contributed by atoms with E-state index in [1.807, 2.05) is 0 Å². The zero-order chi connectivity index (χ0) is 23.1. The second kappa shape index (κ2) is 6.49. The van der Waals surface area contributed by atoms with Gasteiger partial charge in [0.15, 0.2) is 0 Å². The largest absolute Gasteiger partial charge is 0.115 e. The van der Waals surface area contributed by atoms with Crippen molar-refractivity contribution in [3.05, 3.63) is 87.6 Å². The Morgan fingerprint density at radius 2 is 1.71 bits per heavy atom. The van der Waals surface area contributed by atoms with Crippen molar-refractivity contribution in [3.8, 4) is 12.3 Å².